The summed E-state index contributed by atoms with van der Waals surface area (Å²) in [5.41, 5.74) is 4.53. The van der Waals surface area contributed by atoms with Crippen molar-refractivity contribution in [2.24, 2.45) is 14.1 Å². The molecule has 1 amide bonds. The molecule has 158 valence electrons. The van der Waals surface area contributed by atoms with E-state index in [-0.39, 0.29) is 18.1 Å². The van der Waals surface area contributed by atoms with E-state index >= 15 is 0 Å². The highest BCUT2D eigenvalue weighted by Gasteiger charge is 2.14. The summed E-state index contributed by atoms with van der Waals surface area (Å²) >= 11 is 0. The zero-order valence-electron chi connectivity index (χ0n) is 17.8. The molecule has 0 aliphatic rings. The van der Waals surface area contributed by atoms with Crippen molar-refractivity contribution in [3.8, 4) is 0 Å². The standard InChI is InChI=1S/C25H26N4O2/c1-27-22-14-13-21(15-23(22)28(2)25(27)31)26-24(30)18-29(16-19-9-5-3-6-10-19)17-20-11-7-4-8-12-20/h3-15H,16-18H2,1-2H3,(H,26,30). The first kappa shape index (κ1) is 20.6. The van der Waals surface area contributed by atoms with Gasteiger partial charge in [0.1, 0.15) is 0 Å². The first-order valence-corrected chi connectivity index (χ1v) is 10.3. The highest BCUT2D eigenvalue weighted by molar-refractivity contribution is 5.94. The van der Waals surface area contributed by atoms with E-state index in [0.29, 0.717) is 18.8 Å². The predicted octanol–water partition coefficient (Wildman–Crippen LogP) is 3.52. The van der Waals surface area contributed by atoms with Crippen molar-refractivity contribution >= 4 is 22.6 Å². The molecule has 0 aliphatic heterocycles. The fraction of sp³-hybridized carbons (Fsp3) is 0.200. The number of aromatic nitrogens is 2. The average molecular weight is 415 g/mol. The van der Waals surface area contributed by atoms with Crippen LogP contribution in [0.3, 0.4) is 0 Å². The molecule has 3 aromatic carbocycles. The fourth-order valence-electron chi connectivity index (χ4n) is 3.84. The lowest BCUT2D eigenvalue weighted by molar-refractivity contribution is -0.117. The van der Waals surface area contributed by atoms with E-state index in [4.69, 9.17) is 0 Å². The van der Waals surface area contributed by atoms with Crippen molar-refractivity contribution < 1.29 is 4.79 Å². The molecule has 0 unspecified atom stereocenters. The Morgan fingerprint density at radius 2 is 1.35 bits per heavy atom. The summed E-state index contributed by atoms with van der Waals surface area (Å²) in [5.74, 6) is -0.0906. The number of rotatable bonds is 7. The number of nitrogens with one attached hydrogen (secondary N) is 1. The molecule has 0 spiro atoms. The Kier molecular flexibility index (Phi) is 6.00. The number of amides is 1. The second-order valence-electron chi connectivity index (χ2n) is 7.77. The second kappa shape index (κ2) is 9.02. The fourth-order valence-corrected chi connectivity index (χ4v) is 3.84. The molecule has 1 N–H and O–H groups in total. The molecule has 6 heteroatoms. The van der Waals surface area contributed by atoms with Crippen molar-refractivity contribution in [2.75, 3.05) is 11.9 Å². The molecule has 4 rings (SSSR count). The van der Waals surface area contributed by atoms with E-state index < -0.39 is 0 Å². The van der Waals surface area contributed by atoms with Gasteiger partial charge in [-0.3, -0.25) is 18.8 Å². The van der Waals surface area contributed by atoms with Crippen molar-refractivity contribution in [2.45, 2.75) is 13.1 Å². The summed E-state index contributed by atoms with van der Waals surface area (Å²) in [4.78, 5) is 27.1. The molecular weight excluding hydrogens is 388 g/mol. The van der Waals surface area contributed by atoms with Gasteiger partial charge >= 0.3 is 5.69 Å². The van der Waals surface area contributed by atoms with Gasteiger partial charge in [-0.2, -0.15) is 0 Å². The molecular formula is C25H26N4O2. The van der Waals surface area contributed by atoms with Gasteiger partial charge < -0.3 is 5.32 Å². The van der Waals surface area contributed by atoms with E-state index in [1.807, 2.05) is 54.6 Å². The number of carbonyl (C=O) groups excluding carboxylic acids is 1. The molecule has 1 heterocycles. The van der Waals surface area contributed by atoms with Gasteiger partial charge in [-0.05, 0) is 29.3 Å². The van der Waals surface area contributed by atoms with E-state index in [9.17, 15) is 9.59 Å². The quantitative estimate of drug-likeness (QED) is 0.503. The Bertz CT molecular complexity index is 1200. The number of nitrogens with zero attached hydrogens (tertiary/aromatic N) is 3. The summed E-state index contributed by atoms with van der Waals surface area (Å²) in [6.07, 6.45) is 0. The van der Waals surface area contributed by atoms with Crippen LogP contribution in [0.1, 0.15) is 11.1 Å². The highest BCUT2D eigenvalue weighted by Crippen LogP contribution is 2.18. The van der Waals surface area contributed by atoms with Crippen LogP contribution < -0.4 is 11.0 Å². The normalized spacial score (nSPS) is 11.2. The van der Waals surface area contributed by atoms with Gasteiger partial charge in [0.15, 0.2) is 0 Å². The molecule has 0 radical (unpaired) electrons. The average Bonchev–Trinajstić information content (AvgIpc) is 2.99. The molecule has 0 saturated heterocycles. The third-order valence-electron chi connectivity index (χ3n) is 5.42. The van der Waals surface area contributed by atoms with Gasteiger partial charge in [-0.25, -0.2) is 4.79 Å². The first-order valence-electron chi connectivity index (χ1n) is 10.3. The lowest BCUT2D eigenvalue weighted by atomic mass is 10.1. The van der Waals surface area contributed by atoms with E-state index in [2.05, 4.69) is 34.5 Å². The van der Waals surface area contributed by atoms with Crippen molar-refractivity contribution in [3.63, 3.8) is 0 Å². The minimum atomic E-state index is -0.0906. The van der Waals surface area contributed by atoms with E-state index in [1.165, 1.54) is 0 Å². The van der Waals surface area contributed by atoms with Gasteiger partial charge in [-0.1, -0.05) is 60.7 Å². The highest BCUT2D eigenvalue weighted by atomic mass is 16.2. The van der Waals surface area contributed by atoms with Crippen LogP contribution in [0.25, 0.3) is 11.0 Å². The van der Waals surface area contributed by atoms with Crippen LogP contribution in [-0.2, 0) is 32.0 Å². The topological polar surface area (TPSA) is 59.3 Å². The molecule has 4 aromatic rings. The monoisotopic (exact) mass is 414 g/mol. The Morgan fingerprint density at radius 3 is 1.94 bits per heavy atom. The second-order valence-corrected chi connectivity index (χ2v) is 7.77. The zero-order valence-corrected chi connectivity index (χ0v) is 17.8. The van der Waals surface area contributed by atoms with Crippen LogP contribution in [0.4, 0.5) is 5.69 Å². The smallest absolute Gasteiger partial charge is 0.325 e. The summed E-state index contributed by atoms with van der Waals surface area (Å²) < 4.78 is 3.19. The van der Waals surface area contributed by atoms with Crippen LogP contribution in [0.2, 0.25) is 0 Å². The number of hydrogen-bond donors (Lipinski definition) is 1. The third kappa shape index (κ3) is 4.75. The summed E-state index contributed by atoms with van der Waals surface area (Å²) in [7, 11) is 3.48. The molecule has 0 fully saturated rings. The number of imidazole rings is 1. The minimum absolute atomic E-state index is 0.0876. The van der Waals surface area contributed by atoms with Crippen LogP contribution in [0.5, 0.6) is 0 Å². The number of hydrogen-bond acceptors (Lipinski definition) is 3. The largest absolute Gasteiger partial charge is 0.328 e. The SMILES string of the molecule is Cn1c(=O)n(C)c2cc(NC(=O)CN(Cc3ccccc3)Cc3ccccc3)ccc21. The Balaban J connectivity index is 1.50. The van der Waals surface area contributed by atoms with Crippen molar-refractivity contribution in [3.05, 3.63) is 100 Å². The summed E-state index contributed by atoms with van der Waals surface area (Å²) in [5, 5.41) is 2.99. The Morgan fingerprint density at radius 1 is 0.806 bits per heavy atom. The molecule has 6 nitrogen and oxygen atoms in total. The maximum atomic E-state index is 12.9. The summed E-state index contributed by atoms with van der Waals surface area (Å²) in [6.45, 7) is 1.61. The molecule has 0 saturated carbocycles. The number of benzene rings is 3. The predicted molar refractivity (Wildman–Crippen MR) is 124 cm³/mol. The van der Waals surface area contributed by atoms with E-state index in [0.717, 1.165) is 22.2 Å². The van der Waals surface area contributed by atoms with Gasteiger partial charge in [0, 0.05) is 32.9 Å². The number of fused-ring (bicyclic) bond motifs is 1. The number of carbonyl (C=O) groups is 1. The van der Waals surface area contributed by atoms with Gasteiger partial charge in [-0.15, -0.1) is 0 Å². The Hall–Kier alpha value is -3.64. The number of aryl methyl sites for hydroxylation is 2. The maximum Gasteiger partial charge on any atom is 0.328 e. The lowest BCUT2D eigenvalue weighted by Crippen LogP contribution is -2.32. The molecule has 0 atom stereocenters. The van der Waals surface area contributed by atoms with Gasteiger partial charge in [0.2, 0.25) is 5.91 Å². The van der Waals surface area contributed by atoms with Crippen LogP contribution >= 0.6 is 0 Å². The van der Waals surface area contributed by atoms with Gasteiger partial charge in [0.05, 0.1) is 17.6 Å². The number of anilines is 1. The molecule has 0 aliphatic carbocycles. The molecule has 0 bridgehead atoms. The van der Waals surface area contributed by atoms with E-state index in [1.54, 1.807) is 23.2 Å². The zero-order chi connectivity index (χ0) is 21.8. The first-order chi connectivity index (χ1) is 15.0. The van der Waals surface area contributed by atoms with Gasteiger partial charge in [0.25, 0.3) is 0 Å². The molecule has 1 aromatic heterocycles. The van der Waals surface area contributed by atoms with Crippen LogP contribution in [0, 0.1) is 0 Å². The van der Waals surface area contributed by atoms with Crippen LogP contribution in [0.15, 0.2) is 83.7 Å². The summed E-state index contributed by atoms with van der Waals surface area (Å²) in [6, 6.07) is 25.8. The lowest BCUT2D eigenvalue weighted by Gasteiger charge is -2.22. The molecule has 31 heavy (non-hydrogen) atoms. The van der Waals surface area contributed by atoms with Crippen molar-refractivity contribution in [1.82, 2.24) is 14.0 Å². The van der Waals surface area contributed by atoms with Crippen LogP contribution in [-0.4, -0.2) is 26.5 Å². The van der Waals surface area contributed by atoms with Crippen molar-refractivity contribution in [1.29, 1.82) is 0 Å². The minimum Gasteiger partial charge on any atom is -0.325 e. The third-order valence-corrected chi connectivity index (χ3v) is 5.42. The maximum absolute atomic E-state index is 12.9. The Labute approximate surface area is 181 Å².